The van der Waals surface area contributed by atoms with Crippen LogP contribution in [0.4, 0.5) is 13.2 Å². The fourth-order valence-corrected chi connectivity index (χ4v) is 2.79. The summed E-state index contributed by atoms with van der Waals surface area (Å²) in [6, 6.07) is 12.4. The van der Waals surface area contributed by atoms with Gasteiger partial charge in [-0.15, -0.1) is 0 Å². The van der Waals surface area contributed by atoms with Gasteiger partial charge in [-0.2, -0.15) is 23.5 Å². The minimum Gasteiger partial charge on any atom is -0.223 e. The van der Waals surface area contributed by atoms with E-state index in [9.17, 15) is 18.4 Å². The summed E-state index contributed by atoms with van der Waals surface area (Å²) >= 11 is 5.82. The van der Waals surface area contributed by atoms with Crippen molar-refractivity contribution in [2.24, 2.45) is 0 Å². The van der Waals surface area contributed by atoms with E-state index in [0.29, 0.717) is 11.3 Å². The number of alkyl halides is 3. The molecule has 1 aromatic heterocycles. The van der Waals surface area contributed by atoms with E-state index >= 15 is 0 Å². The molecule has 0 radical (unpaired) electrons. The first kappa shape index (κ1) is 18.7. The lowest BCUT2D eigenvalue weighted by atomic mass is 9.97. The van der Waals surface area contributed by atoms with Gasteiger partial charge in [-0.25, -0.2) is 9.67 Å². The second kappa shape index (κ2) is 7.64. The Bertz CT molecular complexity index is 1000. The van der Waals surface area contributed by atoms with Crippen LogP contribution < -0.4 is 0 Å². The average molecular weight is 389 g/mol. The van der Waals surface area contributed by atoms with Gasteiger partial charge in [0.25, 0.3) is 0 Å². The van der Waals surface area contributed by atoms with Crippen molar-refractivity contribution in [2.75, 3.05) is 0 Å². The second-order valence-corrected chi connectivity index (χ2v) is 6.10. The standard InChI is InChI=1S/C19H12ClF3N4/c20-16-3-1-2-14(9-16)17(19(21,22)23)6-4-13-5-7-18(15(8-13)10-24)27-12-25-11-26-27/h1-9,11-12,17H. The van der Waals surface area contributed by atoms with E-state index in [0.717, 1.165) is 6.08 Å². The number of nitriles is 1. The molecule has 1 heterocycles. The van der Waals surface area contributed by atoms with Crippen molar-refractivity contribution in [1.29, 1.82) is 5.26 Å². The summed E-state index contributed by atoms with van der Waals surface area (Å²) in [6.45, 7) is 0. The van der Waals surface area contributed by atoms with Gasteiger partial charge in [0, 0.05) is 5.02 Å². The van der Waals surface area contributed by atoms with Gasteiger partial charge < -0.3 is 0 Å². The molecule has 0 aliphatic heterocycles. The highest BCUT2D eigenvalue weighted by Crippen LogP contribution is 2.37. The van der Waals surface area contributed by atoms with Crippen LogP contribution in [0.25, 0.3) is 11.8 Å². The van der Waals surface area contributed by atoms with E-state index in [-0.39, 0.29) is 16.1 Å². The molecule has 0 aliphatic carbocycles. The number of nitrogens with zero attached hydrogens (tertiary/aromatic N) is 4. The Kier molecular flexibility index (Phi) is 5.28. The van der Waals surface area contributed by atoms with E-state index in [1.807, 2.05) is 6.07 Å². The fraction of sp³-hybridized carbons (Fsp3) is 0.105. The summed E-state index contributed by atoms with van der Waals surface area (Å²) in [6.07, 6.45) is 0.681. The highest BCUT2D eigenvalue weighted by Gasteiger charge is 2.38. The van der Waals surface area contributed by atoms with Crippen molar-refractivity contribution in [2.45, 2.75) is 12.1 Å². The second-order valence-electron chi connectivity index (χ2n) is 5.66. The molecule has 3 rings (SSSR count). The van der Waals surface area contributed by atoms with E-state index in [2.05, 4.69) is 10.1 Å². The Morgan fingerprint density at radius 1 is 1.19 bits per heavy atom. The van der Waals surface area contributed by atoms with E-state index in [1.54, 1.807) is 12.1 Å². The first-order valence-corrected chi connectivity index (χ1v) is 8.16. The van der Waals surface area contributed by atoms with E-state index in [4.69, 9.17) is 11.6 Å². The minimum atomic E-state index is -4.47. The maximum atomic E-state index is 13.5. The number of hydrogen-bond acceptors (Lipinski definition) is 3. The molecule has 0 saturated heterocycles. The van der Waals surface area contributed by atoms with Gasteiger partial charge in [0.15, 0.2) is 0 Å². The van der Waals surface area contributed by atoms with Crippen LogP contribution in [0.15, 0.2) is 61.2 Å². The lowest BCUT2D eigenvalue weighted by molar-refractivity contribution is -0.139. The van der Waals surface area contributed by atoms with Crippen LogP contribution in [0.3, 0.4) is 0 Å². The van der Waals surface area contributed by atoms with Crippen LogP contribution >= 0.6 is 11.6 Å². The zero-order valence-corrected chi connectivity index (χ0v) is 14.5. The molecule has 27 heavy (non-hydrogen) atoms. The van der Waals surface area contributed by atoms with Crippen molar-refractivity contribution in [3.8, 4) is 11.8 Å². The monoisotopic (exact) mass is 388 g/mol. The summed E-state index contributed by atoms with van der Waals surface area (Å²) in [5.74, 6) is -1.81. The zero-order chi connectivity index (χ0) is 19.4. The Morgan fingerprint density at radius 3 is 2.63 bits per heavy atom. The van der Waals surface area contributed by atoms with Crippen LogP contribution in [0.5, 0.6) is 0 Å². The molecule has 136 valence electrons. The molecule has 4 nitrogen and oxygen atoms in total. The first-order chi connectivity index (χ1) is 12.9. The van der Waals surface area contributed by atoms with Crippen molar-refractivity contribution in [1.82, 2.24) is 14.8 Å². The van der Waals surface area contributed by atoms with E-state index < -0.39 is 12.1 Å². The molecule has 0 saturated carbocycles. The van der Waals surface area contributed by atoms with Gasteiger partial charge in [0.2, 0.25) is 0 Å². The van der Waals surface area contributed by atoms with Gasteiger partial charge in [-0.05, 0) is 35.4 Å². The SMILES string of the molecule is N#Cc1cc(C=CC(c2cccc(Cl)c2)C(F)(F)F)ccc1-n1cncn1. The topological polar surface area (TPSA) is 54.5 Å². The highest BCUT2D eigenvalue weighted by molar-refractivity contribution is 6.30. The number of halogens is 4. The molecule has 3 aromatic rings. The molecular formula is C19H12ClF3N4. The molecule has 1 atom stereocenters. The Morgan fingerprint density at radius 2 is 2.00 bits per heavy atom. The number of benzene rings is 2. The molecule has 0 amide bonds. The minimum absolute atomic E-state index is 0.0472. The Hall–Kier alpha value is -3.11. The van der Waals surface area contributed by atoms with Gasteiger partial charge in [-0.1, -0.05) is 42.0 Å². The van der Waals surface area contributed by atoms with Crippen molar-refractivity contribution in [3.05, 3.63) is 82.9 Å². The number of rotatable bonds is 4. The molecule has 0 aliphatic rings. The summed E-state index contributed by atoms with van der Waals surface area (Å²) in [5.41, 5.74) is 1.28. The summed E-state index contributed by atoms with van der Waals surface area (Å²) in [7, 11) is 0. The van der Waals surface area contributed by atoms with Crippen LogP contribution in [0, 0.1) is 11.3 Å². The van der Waals surface area contributed by atoms with Gasteiger partial charge in [-0.3, -0.25) is 0 Å². The third-order valence-corrected chi connectivity index (χ3v) is 4.08. The van der Waals surface area contributed by atoms with Crippen molar-refractivity contribution in [3.63, 3.8) is 0 Å². The lowest BCUT2D eigenvalue weighted by Crippen LogP contribution is -2.18. The van der Waals surface area contributed by atoms with Gasteiger partial charge >= 0.3 is 6.18 Å². The van der Waals surface area contributed by atoms with E-state index in [1.165, 1.54) is 53.7 Å². The zero-order valence-electron chi connectivity index (χ0n) is 13.7. The predicted molar refractivity (Wildman–Crippen MR) is 95.4 cm³/mol. The fourth-order valence-electron chi connectivity index (χ4n) is 2.60. The molecule has 8 heteroatoms. The molecule has 0 N–H and O–H groups in total. The maximum absolute atomic E-state index is 13.5. The number of hydrogen-bond donors (Lipinski definition) is 0. The smallest absolute Gasteiger partial charge is 0.223 e. The summed E-state index contributed by atoms with van der Waals surface area (Å²) < 4.78 is 41.8. The summed E-state index contributed by atoms with van der Waals surface area (Å²) in [4.78, 5) is 3.82. The average Bonchev–Trinajstić information content (AvgIpc) is 3.15. The summed E-state index contributed by atoms with van der Waals surface area (Å²) in [5, 5.41) is 13.5. The highest BCUT2D eigenvalue weighted by atomic mass is 35.5. The van der Waals surface area contributed by atoms with Crippen molar-refractivity contribution < 1.29 is 13.2 Å². The maximum Gasteiger partial charge on any atom is 0.399 e. The Labute approximate surface area is 158 Å². The van der Waals surface area contributed by atoms with Gasteiger partial charge in [0.05, 0.1) is 17.2 Å². The number of allylic oxidation sites excluding steroid dienone is 1. The van der Waals surface area contributed by atoms with Gasteiger partial charge in [0.1, 0.15) is 18.7 Å². The van der Waals surface area contributed by atoms with Crippen LogP contribution in [0.1, 0.15) is 22.6 Å². The number of aromatic nitrogens is 3. The predicted octanol–water partition coefficient (Wildman–Crippen LogP) is 5.15. The van der Waals surface area contributed by atoms with Crippen LogP contribution in [-0.2, 0) is 0 Å². The normalized spacial score (nSPS) is 12.9. The Balaban J connectivity index is 1.94. The van der Waals surface area contributed by atoms with Crippen molar-refractivity contribution >= 4 is 17.7 Å². The molecule has 0 spiro atoms. The molecule has 2 aromatic carbocycles. The largest absolute Gasteiger partial charge is 0.399 e. The van der Waals surface area contributed by atoms with Crippen LogP contribution in [-0.4, -0.2) is 20.9 Å². The van der Waals surface area contributed by atoms with Crippen LogP contribution in [0.2, 0.25) is 5.02 Å². The molecule has 1 unspecified atom stereocenters. The molecular weight excluding hydrogens is 377 g/mol. The third-order valence-electron chi connectivity index (χ3n) is 3.85. The molecule has 0 fully saturated rings. The quantitative estimate of drug-likeness (QED) is 0.621. The first-order valence-electron chi connectivity index (χ1n) is 7.78. The lowest BCUT2D eigenvalue weighted by Gasteiger charge is -2.17. The molecule has 0 bridgehead atoms. The third kappa shape index (κ3) is 4.36.